The van der Waals surface area contributed by atoms with Crippen LogP contribution in [-0.2, 0) is 14.8 Å². The van der Waals surface area contributed by atoms with E-state index in [2.05, 4.69) is 4.72 Å². The molecule has 0 aliphatic carbocycles. The maximum atomic E-state index is 13.4. The summed E-state index contributed by atoms with van der Waals surface area (Å²) in [5.41, 5.74) is -0.768. The minimum Gasteiger partial charge on any atom is -0.385 e. The van der Waals surface area contributed by atoms with Gasteiger partial charge in [0, 0.05) is 25.8 Å². The fourth-order valence-electron chi connectivity index (χ4n) is 1.75. The molecule has 118 valence electrons. The number of ether oxygens (including phenoxy) is 1. The van der Waals surface area contributed by atoms with Crippen LogP contribution < -0.4 is 4.72 Å². The molecule has 0 spiro atoms. The van der Waals surface area contributed by atoms with Crippen LogP contribution in [0.1, 0.15) is 18.9 Å². The summed E-state index contributed by atoms with van der Waals surface area (Å²) in [5.74, 6) is -1.07. The van der Waals surface area contributed by atoms with Gasteiger partial charge in [0.2, 0.25) is 15.8 Å². The lowest BCUT2D eigenvalue weighted by molar-refractivity contribution is -0.387. The number of nitrogens with zero attached hydrogens (tertiary/aromatic N) is 1. The molecule has 9 heteroatoms. The normalized spacial score (nSPS) is 13.1. The van der Waals surface area contributed by atoms with Gasteiger partial charge in [-0.25, -0.2) is 13.1 Å². The lowest BCUT2D eigenvalue weighted by Crippen LogP contribution is -2.33. The third kappa shape index (κ3) is 4.45. The predicted molar refractivity (Wildman–Crippen MR) is 74.1 cm³/mol. The van der Waals surface area contributed by atoms with Crippen LogP contribution >= 0.6 is 0 Å². The Morgan fingerprint density at radius 3 is 2.62 bits per heavy atom. The van der Waals surface area contributed by atoms with E-state index in [1.165, 1.54) is 14.0 Å². The highest BCUT2D eigenvalue weighted by atomic mass is 32.2. The van der Waals surface area contributed by atoms with E-state index >= 15 is 0 Å². The molecule has 1 N–H and O–H groups in total. The summed E-state index contributed by atoms with van der Waals surface area (Å²) in [6.45, 7) is 3.39. The van der Waals surface area contributed by atoms with Crippen LogP contribution in [0, 0.1) is 22.9 Å². The highest BCUT2D eigenvalue weighted by molar-refractivity contribution is 7.89. The average molecular weight is 320 g/mol. The largest absolute Gasteiger partial charge is 0.385 e. The quantitative estimate of drug-likeness (QED) is 0.609. The Morgan fingerprint density at radius 2 is 2.10 bits per heavy atom. The number of aryl methyl sites for hydroxylation is 1. The maximum Gasteiger partial charge on any atom is 0.306 e. The highest BCUT2D eigenvalue weighted by Gasteiger charge is 2.25. The van der Waals surface area contributed by atoms with Crippen molar-refractivity contribution in [3.8, 4) is 0 Å². The van der Waals surface area contributed by atoms with E-state index in [1.807, 2.05) is 0 Å². The van der Waals surface area contributed by atoms with Crippen LogP contribution in [-0.4, -0.2) is 33.1 Å². The molecule has 0 bridgehead atoms. The number of nitrogens with one attached hydrogen (secondary N) is 1. The molecule has 0 aliphatic rings. The van der Waals surface area contributed by atoms with Gasteiger partial charge in [-0.1, -0.05) is 0 Å². The predicted octanol–water partition coefficient (Wildman–Crippen LogP) is 1.75. The molecule has 1 atom stereocenters. The smallest absolute Gasteiger partial charge is 0.306 e. The van der Waals surface area contributed by atoms with Crippen LogP contribution in [0.15, 0.2) is 17.0 Å². The number of methoxy groups -OCH3 is 1. The third-order valence-electron chi connectivity index (χ3n) is 2.84. The van der Waals surface area contributed by atoms with E-state index < -0.39 is 32.5 Å². The first-order chi connectivity index (χ1) is 9.69. The molecular formula is C12H17FN2O5S. The Bertz CT molecular complexity index is 633. The van der Waals surface area contributed by atoms with Crippen molar-refractivity contribution in [3.05, 3.63) is 33.6 Å². The summed E-state index contributed by atoms with van der Waals surface area (Å²) < 4.78 is 45.1. The molecule has 0 heterocycles. The van der Waals surface area contributed by atoms with Gasteiger partial charge in [-0.2, -0.15) is 4.39 Å². The summed E-state index contributed by atoms with van der Waals surface area (Å²) in [5, 5.41) is 10.7. The summed E-state index contributed by atoms with van der Waals surface area (Å²) in [7, 11) is -2.48. The molecule has 1 aromatic rings. The molecule has 1 rings (SSSR count). The lowest BCUT2D eigenvalue weighted by Gasteiger charge is -2.15. The molecule has 0 radical (unpaired) electrons. The van der Waals surface area contributed by atoms with Crippen molar-refractivity contribution in [1.82, 2.24) is 4.72 Å². The first-order valence-corrected chi connectivity index (χ1v) is 7.63. The summed E-state index contributed by atoms with van der Waals surface area (Å²) in [6.07, 6.45) is 0.443. The third-order valence-corrected chi connectivity index (χ3v) is 4.57. The van der Waals surface area contributed by atoms with Crippen molar-refractivity contribution >= 4 is 15.7 Å². The summed E-state index contributed by atoms with van der Waals surface area (Å²) in [6, 6.07) is 1.15. The minimum atomic E-state index is -3.97. The van der Waals surface area contributed by atoms with Gasteiger partial charge in [-0.05, 0) is 31.9 Å². The highest BCUT2D eigenvalue weighted by Crippen LogP contribution is 2.25. The number of nitro groups is 1. The summed E-state index contributed by atoms with van der Waals surface area (Å²) in [4.78, 5) is 9.45. The number of nitro benzene ring substituents is 1. The van der Waals surface area contributed by atoms with Crippen LogP contribution in [0.25, 0.3) is 0 Å². The zero-order valence-corrected chi connectivity index (χ0v) is 12.7. The zero-order valence-electron chi connectivity index (χ0n) is 11.9. The van der Waals surface area contributed by atoms with Crippen molar-refractivity contribution in [2.45, 2.75) is 31.2 Å². The molecule has 0 aliphatic heterocycles. The summed E-state index contributed by atoms with van der Waals surface area (Å²) >= 11 is 0. The number of benzene rings is 1. The van der Waals surface area contributed by atoms with E-state index in [1.54, 1.807) is 6.92 Å². The monoisotopic (exact) mass is 320 g/mol. The average Bonchev–Trinajstić information content (AvgIpc) is 2.34. The van der Waals surface area contributed by atoms with E-state index in [0.717, 1.165) is 12.1 Å². The van der Waals surface area contributed by atoms with Gasteiger partial charge in [0.1, 0.15) is 0 Å². The van der Waals surface area contributed by atoms with Gasteiger partial charge >= 0.3 is 5.69 Å². The zero-order chi connectivity index (χ0) is 16.2. The minimum absolute atomic E-state index is 0.101. The Hall–Kier alpha value is -1.58. The molecule has 1 aromatic carbocycles. The SMILES string of the molecule is COCCC(C)NS(=O)(=O)c1cc([N+](=O)[O-])c(F)cc1C. The van der Waals surface area contributed by atoms with Gasteiger partial charge in [-0.3, -0.25) is 10.1 Å². The second-order valence-electron chi connectivity index (χ2n) is 4.63. The number of halogens is 1. The van der Waals surface area contributed by atoms with Crippen LogP contribution in [0.4, 0.5) is 10.1 Å². The van der Waals surface area contributed by atoms with Crippen molar-refractivity contribution in [2.24, 2.45) is 0 Å². The van der Waals surface area contributed by atoms with Crippen LogP contribution in [0.3, 0.4) is 0 Å². The molecule has 0 amide bonds. The number of sulfonamides is 1. The maximum absolute atomic E-state index is 13.4. The molecule has 0 fully saturated rings. The number of hydrogen-bond donors (Lipinski definition) is 1. The Balaban J connectivity index is 3.13. The van der Waals surface area contributed by atoms with Crippen molar-refractivity contribution < 1.29 is 22.5 Å². The molecule has 1 unspecified atom stereocenters. The molecular weight excluding hydrogens is 303 g/mol. The first-order valence-electron chi connectivity index (χ1n) is 6.15. The van der Waals surface area contributed by atoms with E-state index in [4.69, 9.17) is 4.74 Å². The molecule has 7 nitrogen and oxygen atoms in total. The standard InChI is InChI=1S/C12H17FN2O5S/c1-8-6-10(13)11(15(16)17)7-12(8)21(18,19)14-9(2)4-5-20-3/h6-7,9,14H,4-5H2,1-3H3. The second-order valence-corrected chi connectivity index (χ2v) is 6.31. The van der Waals surface area contributed by atoms with Crippen LogP contribution in [0.2, 0.25) is 0 Å². The Kier molecular flexibility index (Phi) is 5.76. The Labute approximate surface area is 122 Å². The topological polar surface area (TPSA) is 98.5 Å². The first kappa shape index (κ1) is 17.5. The fourth-order valence-corrected chi connectivity index (χ4v) is 3.28. The van der Waals surface area contributed by atoms with Crippen molar-refractivity contribution in [2.75, 3.05) is 13.7 Å². The number of rotatable bonds is 7. The Morgan fingerprint density at radius 1 is 1.48 bits per heavy atom. The van der Waals surface area contributed by atoms with Gasteiger partial charge in [0.25, 0.3) is 0 Å². The van der Waals surface area contributed by atoms with E-state index in [9.17, 15) is 22.9 Å². The van der Waals surface area contributed by atoms with Gasteiger partial charge in [0.05, 0.1) is 9.82 Å². The molecule has 21 heavy (non-hydrogen) atoms. The van der Waals surface area contributed by atoms with Gasteiger partial charge < -0.3 is 4.74 Å². The van der Waals surface area contributed by atoms with Crippen LogP contribution in [0.5, 0.6) is 0 Å². The fraction of sp³-hybridized carbons (Fsp3) is 0.500. The van der Waals surface area contributed by atoms with Crippen molar-refractivity contribution in [3.63, 3.8) is 0 Å². The molecule has 0 saturated heterocycles. The second kappa shape index (κ2) is 6.92. The van der Waals surface area contributed by atoms with E-state index in [0.29, 0.717) is 13.0 Å². The van der Waals surface area contributed by atoms with Crippen molar-refractivity contribution in [1.29, 1.82) is 0 Å². The van der Waals surface area contributed by atoms with Gasteiger partial charge in [-0.15, -0.1) is 0 Å². The van der Waals surface area contributed by atoms with E-state index in [-0.39, 0.29) is 10.5 Å². The lowest BCUT2D eigenvalue weighted by atomic mass is 10.2. The van der Waals surface area contributed by atoms with Gasteiger partial charge in [0.15, 0.2) is 0 Å². The number of hydrogen-bond acceptors (Lipinski definition) is 5. The molecule has 0 saturated carbocycles. The molecule has 0 aromatic heterocycles.